The molecule has 0 N–H and O–H groups in total. The minimum atomic E-state index is -0.923. The molecule has 338 valence electrons. The number of aromatic nitrogens is 2. The molecule has 0 saturated heterocycles. The Labute approximate surface area is 409 Å². The summed E-state index contributed by atoms with van der Waals surface area (Å²) in [5, 5.41) is 29.2. The molecule has 0 spiro atoms. The summed E-state index contributed by atoms with van der Waals surface area (Å²) in [4.78, 5) is 7.43. The van der Waals surface area contributed by atoms with Crippen molar-refractivity contribution in [1.29, 1.82) is 10.5 Å². The zero-order chi connectivity index (χ0) is 47.8. The Bertz CT molecular complexity index is 4030. The highest BCUT2D eigenvalue weighted by Gasteiger charge is 2.28. The van der Waals surface area contributed by atoms with Crippen molar-refractivity contribution in [3.8, 4) is 12.1 Å². The van der Waals surface area contributed by atoms with Gasteiger partial charge in [-0.1, -0.05) is 48.5 Å². The minimum Gasteiger partial charge on any atom is -0.310 e. The molecule has 13 aromatic rings. The first-order valence-corrected chi connectivity index (χ1v) is 29.1. The van der Waals surface area contributed by atoms with Gasteiger partial charge >= 0.3 is 0 Å². The molecule has 6 nitrogen and oxygen atoms in total. The summed E-state index contributed by atoms with van der Waals surface area (Å²) in [5.74, 6) is 0. The lowest BCUT2D eigenvalue weighted by atomic mass is 10.0. The van der Waals surface area contributed by atoms with E-state index in [1.165, 1.54) is 74.9 Å². The van der Waals surface area contributed by atoms with Gasteiger partial charge in [-0.2, -0.15) is 10.5 Å². The van der Waals surface area contributed by atoms with E-state index < -0.39 is 20.1 Å². The molecule has 0 aliphatic heterocycles. The van der Waals surface area contributed by atoms with Crippen LogP contribution in [0.4, 0.5) is 34.1 Å². The molecule has 0 aliphatic rings. The third-order valence-electron chi connectivity index (χ3n) is 14.4. The van der Waals surface area contributed by atoms with Crippen molar-refractivity contribution in [2.24, 2.45) is 0 Å². The summed E-state index contributed by atoms with van der Waals surface area (Å²) >= 11 is 0. The van der Waals surface area contributed by atoms with Crippen LogP contribution in [0.1, 0.15) is 11.1 Å². The topological polar surface area (TPSA) is 62.9 Å². The molecule has 0 fully saturated rings. The second-order valence-electron chi connectivity index (χ2n) is 20.0. The van der Waals surface area contributed by atoms with Gasteiger partial charge in [0.25, 0.3) is 0 Å². The van der Waals surface area contributed by atoms with Crippen LogP contribution >= 0.6 is 20.1 Å². The predicted octanol–water partition coefficient (Wildman–Crippen LogP) is 16.8. The first kappa shape index (κ1) is 42.0. The first-order valence-electron chi connectivity index (χ1n) is 23.4. The standard InChI is InChI=1S/C62H48N6S2/c1-69(2,3)45-27-23-43(24-28-45)65(41-19-15-39(37-63)16-20-41)55-33-31-47-51-35-58-52(36-57(51)67-53-13-9-7-11-49(53)59(55)61(47)67)48-32-34-56(60-50-12-8-10-14-54(50)68(58)62(48)60)66(42-21-17-40(38-64)18-22-42)44-25-29-46(30-26-44)70(4,5)6/h7-36H,1-6H3. The van der Waals surface area contributed by atoms with Crippen LogP contribution in [0.15, 0.2) is 192 Å². The predicted molar refractivity (Wildman–Crippen MR) is 302 cm³/mol. The van der Waals surface area contributed by atoms with Crippen LogP contribution < -0.4 is 9.80 Å². The molecule has 9 aromatic carbocycles. The number of hydrogen-bond donors (Lipinski definition) is 0. The summed E-state index contributed by atoms with van der Waals surface area (Å²) in [6.07, 6.45) is 14.0. The van der Waals surface area contributed by atoms with Crippen molar-refractivity contribution in [2.45, 2.75) is 9.79 Å². The Morgan fingerprint density at radius 1 is 0.357 bits per heavy atom. The Kier molecular flexibility index (Phi) is 9.11. The van der Waals surface area contributed by atoms with Gasteiger partial charge in [-0.05, 0) is 181 Å². The highest BCUT2D eigenvalue weighted by atomic mass is 32.3. The number of rotatable bonds is 8. The van der Waals surface area contributed by atoms with Gasteiger partial charge in [-0.3, -0.25) is 0 Å². The third kappa shape index (κ3) is 6.13. The van der Waals surface area contributed by atoms with Crippen molar-refractivity contribution in [3.63, 3.8) is 0 Å². The fourth-order valence-electron chi connectivity index (χ4n) is 11.1. The Morgan fingerprint density at radius 2 is 0.700 bits per heavy atom. The molecule has 8 heteroatoms. The number of nitrogens with zero attached hydrogens (tertiary/aromatic N) is 6. The maximum atomic E-state index is 9.78. The highest BCUT2D eigenvalue weighted by Crippen LogP contribution is 2.53. The number of nitriles is 2. The van der Waals surface area contributed by atoms with Crippen LogP contribution in [0.25, 0.3) is 76.2 Å². The van der Waals surface area contributed by atoms with Gasteiger partial charge in [0.15, 0.2) is 0 Å². The van der Waals surface area contributed by atoms with E-state index in [4.69, 9.17) is 0 Å². The van der Waals surface area contributed by atoms with Gasteiger partial charge in [-0.15, -0.1) is 0 Å². The van der Waals surface area contributed by atoms with E-state index in [2.05, 4.69) is 226 Å². The zero-order valence-corrected chi connectivity index (χ0v) is 41.5. The molecule has 70 heavy (non-hydrogen) atoms. The first-order chi connectivity index (χ1) is 33.9. The quantitative estimate of drug-likeness (QED) is 0.152. The van der Waals surface area contributed by atoms with Crippen LogP contribution in [0.2, 0.25) is 0 Å². The SMILES string of the molecule is CS(C)(C)c1ccc(N(c2ccc(C#N)cc2)c2ccc3c4cc5c(cc4n4c6ccccc6c2c34)c2ccc(N(c3ccc(C#N)cc3)c3ccc(S(C)(C)C)cc3)c3c4ccccc4n5c23)cc1. The summed E-state index contributed by atoms with van der Waals surface area (Å²) < 4.78 is 4.99. The molecule has 0 saturated carbocycles. The summed E-state index contributed by atoms with van der Waals surface area (Å²) in [7, 11) is -1.85. The molecular weight excluding hydrogens is 893 g/mol. The third-order valence-corrected chi connectivity index (χ3v) is 17.7. The largest absolute Gasteiger partial charge is 0.310 e. The highest BCUT2D eigenvalue weighted by molar-refractivity contribution is 8.32. The molecule has 0 aliphatic carbocycles. The van der Waals surface area contributed by atoms with Crippen LogP contribution in [0, 0.1) is 22.7 Å². The van der Waals surface area contributed by atoms with E-state index in [0.717, 1.165) is 45.2 Å². The van der Waals surface area contributed by atoms with Crippen LogP contribution in [0.3, 0.4) is 0 Å². The van der Waals surface area contributed by atoms with Gasteiger partial charge in [0.05, 0.1) is 67.7 Å². The average Bonchev–Trinajstić information content (AvgIpc) is 4.10. The fourth-order valence-corrected chi connectivity index (χ4v) is 13.0. The van der Waals surface area contributed by atoms with Crippen molar-refractivity contribution in [2.75, 3.05) is 47.3 Å². The smallest absolute Gasteiger partial charge is 0.0991 e. The lowest BCUT2D eigenvalue weighted by molar-refractivity contribution is 1.28. The maximum absolute atomic E-state index is 9.78. The lowest BCUT2D eigenvalue weighted by Crippen LogP contribution is -2.10. The number of anilines is 6. The number of fused-ring (bicyclic) bond motifs is 12. The van der Waals surface area contributed by atoms with Gasteiger partial charge in [0.1, 0.15) is 0 Å². The normalized spacial score (nSPS) is 12.9. The fraction of sp³-hybridized carbons (Fsp3) is 0.0968. The van der Waals surface area contributed by atoms with E-state index in [0.29, 0.717) is 11.1 Å². The zero-order valence-electron chi connectivity index (χ0n) is 39.8. The Morgan fingerprint density at radius 3 is 1.04 bits per heavy atom. The van der Waals surface area contributed by atoms with E-state index >= 15 is 0 Å². The number of hydrogen-bond acceptors (Lipinski definition) is 4. The van der Waals surface area contributed by atoms with E-state index in [9.17, 15) is 10.5 Å². The Hall–Kier alpha value is -8.14. The monoisotopic (exact) mass is 940 g/mol. The number of para-hydroxylation sites is 2. The second kappa shape index (κ2) is 15.2. The molecule has 0 unspecified atom stereocenters. The van der Waals surface area contributed by atoms with Gasteiger partial charge in [0, 0.05) is 65.8 Å². The Balaban J connectivity index is 1.08. The van der Waals surface area contributed by atoms with Crippen molar-refractivity contribution in [1.82, 2.24) is 8.80 Å². The van der Waals surface area contributed by atoms with E-state index in [-0.39, 0.29) is 0 Å². The van der Waals surface area contributed by atoms with Crippen LogP contribution in [-0.2, 0) is 0 Å². The summed E-state index contributed by atoms with van der Waals surface area (Å²) in [6, 6.07) is 70.5. The van der Waals surface area contributed by atoms with Gasteiger partial charge in [-0.25, -0.2) is 20.1 Å². The number of benzene rings is 9. The molecule has 0 radical (unpaired) electrons. The summed E-state index contributed by atoms with van der Waals surface area (Å²) in [6.45, 7) is 0. The molecular formula is C62H48N6S2. The molecule has 0 atom stereocenters. The molecule has 4 aromatic heterocycles. The van der Waals surface area contributed by atoms with Crippen molar-refractivity contribution in [3.05, 3.63) is 193 Å². The van der Waals surface area contributed by atoms with E-state index in [1.807, 2.05) is 24.3 Å². The van der Waals surface area contributed by atoms with E-state index in [1.54, 1.807) is 0 Å². The van der Waals surface area contributed by atoms with Crippen molar-refractivity contribution >= 4 is 130 Å². The van der Waals surface area contributed by atoms with Gasteiger partial charge < -0.3 is 18.6 Å². The molecule has 4 heterocycles. The molecule has 0 amide bonds. The van der Waals surface area contributed by atoms with Crippen LogP contribution in [-0.4, -0.2) is 46.3 Å². The van der Waals surface area contributed by atoms with Crippen LogP contribution in [0.5, 0.6) is 0 Å². The second-order valence-corrected chi connectivity index (χ2v) is 28.2. The van der Waals surface area contributed by atoms with Gasteiger partial charge in [0.2, 0.25) is 0 Å². The molecule has 13 rings (SSSR count). The van der Waals surface area contributed by atoms with Crippen molar-refractivity contribution < 1.29 is 0 Å². The lowest BCUT2D eigenvalue weighted by Gasteiger charge is -2.29. The summed E-state index contributed by atoms with van der Waals surface area (Å²) in [5.41, 5.74) is 14.6. The molecule has 0 bridgehead atoms. The minimum absolute atomic E-state index is 0.634. The average molecular weight is 941 g/mol. The maximum Gasteiger partial charge on any atom is 0.0991 e.